The summed E-state index contributed by atoms with van der Waals surface area (Å²) in [5.74, 6) is -1.28. The maximum absolute atomic E-state index is 12.7. The predicted octanol–water partition coefficient (Wildman–Crippen LogP) is 0.829. The van der Waals surface area contributed by atoms with Crippen LogP contribution in [0.5, 0.6) is 0 Å². The molecule has 1 aliphatic carbocycles. The van der Waals surface area contributed by atoms with E-state index in [1.165, 1.54) is 18.3 Å². The molecule has 2 atom stereocenters. The van der Waals surface area contributed by atoms with E-state index in [-0.39, 0.29) is 5.56 Å². The van der Waals surface area contributed by atoms with Crippen molar-refractivity contribution in [3.05, 3.63) is 34.2 Å². The van der Waals surface area contributed by atoms with E-state index in [1.807, 2.05) is 0 Å². The van der Waals surface area contributed by atoms with Crippen LogP contribution in [-0.2, 0) is 0 Å². The van der Waals surface area contributed by atoms with E-state index >= 15 is 0 Å². The van der Waals surface area contributed by atoms with Crippen molar-refractivity contribution in [2.24, 2.45) is 0 Å². The number of nitrogens with zero attached hydrogens (tertiary/aromatic N) is 1. The van der Waals surface area contributed by atoms with Crippen molar-refractivity contribution in [3.8, 4) is 0 Å². The van der Waals surface area contributed by atoms with Crippen LogP contribution >= 0.6 is 0 Å². The molecule has 1 aromatic heterocycles. The number of halogens is 1. The highest BCUT2D eigenvalue weighted by atomic mass is 19.1. The zero-order chi connectivity index (χ0) is 10.3. The van der Waals surface area contributed by atoms with Crippen LogP contribution in [0, 0.1) is 0 Å². The van der Waals surface area contributed by atoms with Crippen molar-refractivity contribution in [3.63, 3.8) is 0 Å². The Morgan fingerprint density at radius 2 is 2.29 bits per heavy atom. The van der Waals surface area contributed by atoms with Gasteiger partial charge in [0, 0.05) is 12.6 Å². The second kappa shape index (κ2) is 2.94. The number of carbonyl (C=O) groups is 1. The van der Waals surface area contributed by atoms with Crippen LogP contribution in [0.25, 0.3) is 0 Å². The molecular formula is C9H8FNO3. The molecule has 1 N–H and O–H groups in total. The van der Waals surface area contributed by atoms with Gasteiger partial charge in [-0.25, -0.2) is 9.18 Å². The highest BCUT2D eigenvalue weighted by molar-refractivity contribution is 5.86. The summed E-state index contributed by atoms with van der Waals surface area (Å²) in [7, 11) is 0. The largest absolute Gasteiger partial charge is 0.477 e. The highest BCUT2D eigenvalue weighted by Gasteiger charge is 2.40. The zero-order valence-electron chi connectivity index (χ0n) is 7.18. The third kappa shape index (κ3) is 1.30. The summed E-state index contributed by atoms with van der Waals surface area (Å²) in [6.45, 7) is 0. The van der Waals surface area contributed by atoms with Crippen LogP contribution < -0.4 is 5.56 Å². The van der Waals surface area contributed by atoms with Gasteiger partial charge in [-0.3, -0.25) is 4.79 Å². The second-order valence-electron chi connectivity index (χ2n) is 3.26. The monoisotopic (exact) mass is 197 g/mol. The Morgan fingerprint density at radius 1 is 1.64 bits per heavy atom. The van der Waals surface area contributed by atoms with Gasteiger partial charge in [0.05, 0.1) is 6.04 Å². The molecule has 0 aliphatic heterocycles. The summed E-state index contributed by atoms with van der Waals surface area (Å²) < 4.78 is 13.8. The lowest BCUT2D eigenvalue weighted by Crippen LogP contribution is -2.25. The minimum absolute atomic E-state index is 0.295. The molecular weight excluding hydrogens is 189 g/mol. The van der Waals surface area contributed by atoms with Crippen molar-refractivity contribution in [1.29, 1.82) is 0 Å². The molecule has 1 aromatic rings. The van der Waals surface area contributed by atoms with E-state index < -0.39 is 23.7 Å². The first-order valence-electron chi connectivity index (χ1n) is 4.20. The van der Waals surface area contributed by atoms with Gasteiger partial charge >= 0.3 is 5.97 Å². The first-order valence-corrected chi connectivity index (χ1v) is 4.20. The molecule has 14 heavy (non-hydrogen) atoms. The third-order valence-electron chi connectivity index (χ3n) is 2.24. The Bertz CT molecular complexity index is 440. The number of aromatic carboxylic acids is 1. The Morgan fingerprint density at radius 3 is 2.79 bits per heavy atom. The first kappa shape index (κ1) is 8.93. The van der Waals surface area contributed by atoms with Crippen LogP contribution in [0.1, 0.15) is 22.8 Å². The topological polar surface area (TPSA) is 59.3 Å². The Balaban J connectivity index is 2.48. The molecule has 1 heterocycles. The van der Waals surface area contributed by atoms with Gasteiger partial charge in [-0.1, -0.05) is 0 Å². The molecule has 4 nitrogen and oxygen atoms in total. The smallest absolute Gasteiger partial charge is 0.341 e. The molecule has 1 aliphatic rings. The number of alkyl halides is 1. The fourth-order valence-electron chi connectivity index (χ4n) is 1.37. The Hall–Kier alpha value is -1.65. The summed E-state index contributed by atoms with van der Waals surface area (Å²) in [5.41, 5.74) is -0.947. The van der Waals surface area contributed by atoms with E-state index in [4.69, 9.17) is 5.11 Å². The zero-order valence-corrected chi connectivity index (χ0v) is 7.18. The quantitative estimate of drug-likeness (QED) is 0.763. The van der Waals surface area contributed by atoms with Gasteiger partial charge in [0.15, 0.2) is 0 Å². The molecule has 1 saturated carbocycles. The van der Waals surface area contributed by atoms with E-state index in [1.54, 1.807) is 0 Å². The van der Waals surface area contributed by atoms with Gasteiger partial charge in [-0.2, -0.15) is 0 Å². The molecule has 0 bridgehead atoms. The van der Waals surface area contributed by atoms with Gasteiger partial charge in [0.1, 0.15) is 11.7 Å². The fraction of sp³-hybridized carbons (Fsp3) is 0.333. The van der Waals surface area contributed by atoms with Crippen molar-refractivity contribution in [2.45, 2.75) is 18.6 Å². The van der Waals surface area contributed by atoms with E-state index in [0.29, 0.717) is 6.42 Å². The van der Waals surface area contributed by atoms with E-state index in [2.05, 4.69) is 0 Å². The van der Waals surface area contributed by atoms with Gasteiger partial charge < -0.3 is 9.67 Å². The minimum Gasteiger partial charge on any atom is -0.477 e. The maximum Gasteiger partial charge on any atom is 0.341 e. The predicted molar refractivity (Wildman–Crippen MR) is 46.2 cm³/mol. The maximum atomic E-state index is 12.7. The summed E-state index contributed by atoms with van der Waals surface area (Å²) in [5, 5.41) is 8.65. The number of hydrogen-bond donors (Lipinski definition) is 1. The molecule has 74 valence electrons. The number of rotatable bonds is 2. The number of aromatic nitrogens is 1. The minimum atomic E-state index is -1.28. The Labute approximate surface area is 78.6 Å². The van der Waals surface area contributed by atoms with Gasteiger partial charge in [0.2, 0.25) is 0 Å². The lowest BCUT2D eigenvalue weighted by Gasteiger charge is -2.02. The van der Waals surface area contributed by atoms with E-state index in [9.17, 15) is 14.0 Å². The average molecular weight is 197 g/mol. The van der Waals surface area contributed by atoms with Crippen LogP contribution in [0.4, 0.5) is 4.39 Å². The average Bonchev–Trinajstić information content (AvgIpc) is 2.82. The first-order chi connectivity index (χ1) is 6.61. The van der Waals surface area contributed by atoms with Crippen LogP contribution in [0.2, 0.25) is 0 Å². The summed E-state index contributed by atoms with van der Waals surface area (Å²) in [6, 6.07) is 2.19. The number of hydrogen-bond acceptors (Lipinski definition) is 2. The molecule has 0 radical (unpaired) electrons. The second-order valence-corrected chi connectivity index (χ2v) is 3.26. The van der Waals surface area contributed by atoms with Gasteiger partial charge in [-0.15, -0.1) is 0 Å². The standard InChI is InChI=1S/C9H8FNO3/c10-6-4-7(6)11-3-1-2-5(8(11)12)9(13)14/h1-3,6-7H,4H2,(H,13,14)/t6-,7-/m1/s1. The lowest BCUT2D eigenvalue weighted by atomic mass is 10.3. The molecule has 0 saturated heterocycles. The third-order valence-corrected chi connectivity index (χ3v) is 2.24. The van der Waals surface area contributed by atoms with Crippen LogP contribution in [-0.4, -0.2) is 21.8 Å². The summed E-state index contributed by atoms with van der Waals surface area (Å²) in [4.78, 5) is 22.0. The van der Waals surface area contributed by atoms with Crippen molar-refractivity contribution in [1.82, 2.24) is 4.57 Å². The van der Waals surface area contributed by atoms with Gasteiger partial charge in [-0.05, 0) is 12.1 Å². The molecule has 1 fully saturated rings. The lowest BCUT2D eigenvalue weighted by molar-refractivity contribution is 0.0694. The summed E-state index contributed by atoms with van der Waals surface area (Å²) in [6.07, 6.45) is 0.693. The van der Waals surface area contributed by atoms with Crippen molar-refractivity contribution >= 4 is 5.97 Å². The van der Waals surface area contributed by atoms with Crippen molar-refractivity contribution in [2.75, 3.05) is 0 Å². The van der Waals surface area contributed by atoms with Crippen LogP contribution in [0.3, 0.4) is 0 Å². The molecule has 5 heteroatoms. The van der Waals surface area contributed by atoms with Crippen molar-refractivity contribution < 1.29 is 14.3 Å². The van der Waals surface area contributed by atoms with Gasteiger partial charge in [0.25, 0.3) is 5.56 Å². The molecule has 0 spiro atoms. The molecule has 2 rings (SSSR count). The number of carboxylic acids is 1. The van der Waals surface area contributed by atoms with Crippen LogP contribution in [0.15, 0.2) is 23.1 Å². The molecule has 0 amide bonds. The summed E-state index contributed by atoms with van der Waals surface area (Å²) >= 11 is 0. The number of pyridine rings is 1. The fourth-order valence-corrected chi connectivity index (χ4v) is 1.37. The number of carboxylic acid groups (broad SMARTS) is 1. The normalized spacial score (nSPS) is 24.6. The molecule has 0 unspecified atom stereocenters. The SMILES string of the molecule is O=C(O)c1cccn([C@@H]2C[C@H]2F)c1=O. The van der Waals surface area contributed by atoms with E-state index in [0.717, 1.165) is 4.57 Å². The molecule has 0 aromatic carbocycles. The highest BCUT2D eigenvalue weighted by Crippen LogP contribution is 2.37. The Kier molecular flexibility index (Phi) is 1.87.